The molecule has 4 atom stereocenters. The third kappa shape index (κ3) is 3.51. The smallest absolute Gasteiger partial charge is 0.324 e. The Morgan fingerprint density at radius 1 is 1.12 bits per heavy atom. The quantitative estimate of drug-likeness (QED) is 0.617. The maximum Gasteiger partial charge on any atom is 0.324 e. The standard InChI is InChI=1S/C24H24Cl2N2O4/c1-12(2)11-24(23(31)32)19-18(20(27-24)14-6-4-13(3)5-7-14)21(29)28(22(19)30)17-9-8-15(25)10-16(17)26/h4-10,12,18-20,27H,11H2,1-3H3,(H,31,32). The van der Waals surface area contributed by atoms with Crippen LogP contribution in [0.4, 0.5) is 5.69 Å². The number of amides is 2. The molecule has 8 heteroatoms. The van der Waals surface area contributed by atoms with Gasteiger partial charge < -0.3 is 5.11 Å². The minimum atomic E-state index is -1.57. The van der Waals surface area contributed by atoms with Crippen LogP contribution in [0, 0.1) is 24.7 Å². The zero-order valence-corrected chi connectivity index (χ0v) is 19.4. The van der Waals surface area contributed by atoms with Crippen molar-refractivity contribution in [3.8, 4) is 0 Å². The van der Waals surface area contributed by atoms with E-state index in [1.54, 1.807) is 6.07 Å². The molecule has 0 aliphatic carbocycles. The van der Waals surface area contributed by atoms with E-state index in [1.807, 2.05) is 45.0 Å². The maximum absolute atomic E-state index is 13.7. The molecular formula is C24H24Cl2N2O4. The van der Waals surface area contributed by atoms with Crippen molar-refractivity contribution in [1.82, 2.24) is 5.32 Å². The van der Waals surface area contributed by atoms with Crippen LogP contribution in [0.2, 0.25) is 10.0 Å². The van der Waals surface area contributed by atoms with Crippen LogP contribution in [0.1, 0.15) is 37.4 Å². The summed E-state index contributed by atoms with van der Waals surface area (Å²) >= 11 is 12.3. The van der Waals surface area contributed by atoms with E-state index in [4.69, 9.17) is 23.2 Å². The zero-order chi connectivity index (χ0) is 23.4. The molecule has 0 bridgehead atoms. The lowest BCUT2D eigenvalue weighted by Crippen LogP contribution is -2.56. The Kier molecular flexibility index (Phi) is 5.82. The van der Waals surface area contributed by atoms with Gasteiger partial charge >= 0.3 is 5.97 Å². The molecule has 2 N–H and O–H groups in total. The molecule has 2 aromatic rings. The van der Waals surface area contributed by atoms with Gasteiger partial charge in [-0.05, 0) is 43.0 Å². The largest absolute Gasteiger partial charge is 0.480 e. The van der Waals surface area contributed by atoms with Gasteiger partial charge in [0.2, 0.25) is 11.8 Å². The van der Waals surface area contributed by atoms with Gasteiger partial charge in [0, 0.05) is 11.1 Å². The van der Waals surface area contributed by atoms with Crippen LogP contribution in [0.3, 0.4) is 0 Å². The number of halogens is 2. The van der Waals surface area contributed by atoms with Gasteiger partial charge in [-0.15, -0.1) is 0 Å². The Labute approximate surface area is 196 Å². The van der Waals surface area contributed by atoms with Gasteiger partial charge in [0.05, 0.1) is 22.5 Å². The van der Waals surface area contributed by atoms with Gasteiger partial charge in [-0.1, -0.05) is 66.9 Å². The summed E-state index contributed by atoms with van der Waals surface area (Å²) in [6.45, 7) is 5.74. The van der Waals surface area contributed by atoms with Gasteiger partial charge in [-0.25, -0.2) is 4.90 Å². The Hall–Kier alpha value is -2.41. The summed E-state index contributed by atoms with van der Waals surface area (Å²) in [6.07, 6.45) is 0.201. The Balaban J connectivity index is 1.88. The second kappa shape index (κ2) is 8.18. The van der Waals surface area contributed by atoms with Gasteiger partial charge in [-0.2, -0.15) is 0 Å². The number of rotatable bonds is 5. The lowest BCUT2D eigenvalue weighted by Gasteiger charge is -2.32. The van der Waals surface area contributed by atoms with E-state index in [0.29, 0.717) is 5.02 Å². The summed E-state index contributed by atoms with van der Waals surface area (Å²) in [4.78, 5) is 41.0. The fourth-order valence-corrected chi connectivity index (χ4v) is 5.57. The minimum Gasteiger partial charge on any atom is -0.480 e. The van der Waals surface area contributed by atoms with Crippen molar-refractivity contribution in [2.24, 2.45) is 17.8 Å². The van der Waals surface area contributed by atoms with Crippen LogP contribution in [0.5, 0.6) is 0 Å². The number of imide groups is 1. The molecule has 4 rings (SSSR count). The first kappa shape index (κ1) is 22.8. The first-order valence-corrected chi connectivity index (χ1v) is 11.2. The highest BCUT2D eigenvalue weighted by molar-refractivity contribution is 6.38. The Bertz CT molecular complexity index is 1100. The van der Waals surface area contributed by atoms with Crippen LogP contribution < -0.4 is 10.2 Å². The number of carboxylic acid groups (broad SMARTS) is 1. The van der Waals surface area contributed by atoms with Gasteiger partial charge in [-0.3, -0.25) is 19.7 Å². The number of nitrogens with one attached hydrogen (secondary N) is 1. The van der Waals surface area contributed by atoms with Gasteiger partial charge in [0.25, 0.3) is 0 Å². The van der Waals surface area contributed by atoms with Crippen molar-refractivity contribution in [3.63, 3.8) is 0 Å². The molecule has 32 heavy (non-hydrogen) atoms. The molecule has 0 saturated carbocycles. The third-order valence-corrected chi connectivity index (χ3v) is 6.89. The molecule has 0 radical (unpaired) electrons. The van der Waals surface area contributed by atoms with E-state index in [2.05, 4.69) is 5.32 Å². The number of anilines is 1. The van der Waals surface area contributed by atoms with E-state index in [0.717, 1.165) is 16.0 Å². The second-order valence-corrected chi connectivity index (χ2v) is 9.86. The average Bonchev–Trinajstić information content (AvgIpc) is 3.18. The summed E-state index contributed by atoms with van der Waals surface area (Å²) in [7, 11) is 0. The summed E-state index contributed by atoms with van der Waals surface area (Å²) in [5.41, 5.74) is 0.447. The molecule has 6 nitrogen and oxygen atoms in total. The minimum absolute atomic E-state index is 0.0212. The lowest BCUT2D eigenvalue weighted by atomic mass is 9.75. The molecule has 4 unspecified atom stereocenters. The van der Waals surface area contributed by atoms with E-state index in [1.165, 1.54) is 12.1 Å². The zero-order valence-electron chi connectivity index (χ0n) is 17.9. The molecular weight excluding hydrogens is 451 g/mol. The molecule has 0 spiro atoms. The number of hydrogen-bond acceptors (Lipinski definition) is 4. The number of aliphatic carboxylic acids is 1. The predicted octanol–water partition coefficient (Wildman–Crippen LogP) is 4.62. The van der Waals surface area contributed by atoms with Crippen molar-refractivity contribution in [1.29, 1.82) is 0 Å². The number of nitrogens with zero attached hydrogens (tertiary/aromatic N) is 1. The molecule has 2 aliphatic heterocycles. The van der Waals surface area contributed by atoms with E-state index in [9.17, 15) is 19.5 Å². The van der Waals surface area contributed by atoms with E-state index < -0.39 is 41.2 Å². The number of carboxylic acids is 1. The van der Waals surface area contributed by atoms with Crippen LogP contribution in [0.25, 0.3) is 0 Å². The number of carbonyl (C=O) groups is 3. The molecule has 2 aliphatic rings. The fraction of sp³-hybridized carbons (Fsp3) is 0.375. The van der Waals surface area contributed by atoms with Crippen molar-refractivity contribution < 1.29 is 19.5 Å². The van der Waals surface area contributed by atoms with Crippen LogP contribution in [0.15, 0.2) is 42.5 Å². The average molecular weight is 475 g/mol. The summed E-state index contributed by atoms with van der Waals surface area (Å²) < 4.78 is 0. The van der Waals surface area contributed by atoms with Crippen LogP contribution in [-0.4, -0.2) is 28.4 Å². The number of carbonyl (C=O) groups excluding carboxylic acids is 2. The van der Waals surface area contributed by atoms with Crippen LogP contribution in [-0.2, 0) is 14.4 Å². The van der Waals surface area contributed by atoms with E-state index in [-0.39, 0.29) is 23.0 Å². The van der Waals surface area contributed by atoms with Crippen molar-refractivity contribution >= 4 is 46.7 Å². The summed E-state index contributed by atoms with van der Waals surface area (Å²) in [5.74, 6) is -4.11. The Morgan fingerprint density at radius 2 is 1.78 bits per heavy atom. The highest BCUT2D eigenvalue weighted by atomic mass is 35.5. The first-order valence-electron chi connectivity index (χ1n) is 10.5. The molecule has 2 heterocycles. The number of hydrogen-bond donors (Lipinski definition) is 2. The maximum atomic E-state index is 13.7. The third-order valence-electron chi connectivity index (χ3n) is 6.35. The normalized spacial score (nSPS) is 27.3. The highest BCUT2D eigenvalue weighted by Crippen LogP contribution is 2.52. The summed E-state index contributed by atoms with van der Waals surface area (Å²) in [6, 6.07) is 11.4. The predicted molar refractivity (Wildman–Crippen MR) is 123 cm³/mol. The molecule has 2 fully saturated rings. The molecule has 168 valence electrons. The lowest BCUT2D eigenvalue weighted by molar-refractivity contribution is -0.149. The molecule has 2 aromatic carbocycles. The summed E-state index contributed by atoms with van der Waals surface area (Å²) in [5, 5.41) is 14.1. The fourth-order valence-electron chi connectivity index (χ4n) is 5.08. The molecule has 0 aromatic heterocycles. The van der Waals surface area contributed by atoms with Gasteiger partial charge in [0.1, 0.15) is 5.54 Å². The Morgan fingerprint density at radius 3 is 2.34 bits per heavy atom. The second-order valence-electron chi connectivity index (χ2n) is 9.02. The van der Waals surface area contributed by atoms with Gasteiger partial charge in [0.15, 0.2) is 0 Å². The number of aryl methyl sites for hydroxylation is 1. The highest BCUT2D eigenvalue weighted by Gasteiger charge is 2.68. The van der Waals surface area contributed by atoms with Crippen LogP contribution >= 0.6 is 23.2 Å². The first-order chi connectivity index (χ1) is 15.1. The number of fused-ring (bicyclic) bond motifs is 1. The number of benzene rings is 2. The van der Waals surface area contributed by atoms with Crippen molar-refractivity contribution in [2.75, 3.05) is 4.90 Å². The van der Waals surface area contributed by atoms with Crippen molar-refractivity contribution in [2.45, 2.75) is 38.8 Å². The monoisotopic (exact) mass is 474 g/mol. The van der Waals surface area contributed by atoms with Crippen molar-refractivity contribution in [3.05, 3.63) is 63.6 Å². The van der Waals surface area contributed by atoms with E-state index >= 15 is 0 Å². The SMILES string of the molecule is Cc1ccc(C2NC(CC(C)C)(C(=O)O)C3C(=O)N(c4ccc(Cl)cc4Cl)C(=O)C23)cc1. The molecule has 2 amide bonds. The molecule has 2 saturated heterocycles. The topological polar surface area (TPSA) is 86.7 Å².